The first-order valence-electron chi connectivity index (χ1n) is 9.24. The maximum Gasteiger partial charge on any atom is 0.243 e. The Morgan fingerprint density at radius 3 is 1.30 bits per heavy atom. The van der Waals surface area contributed by atoms with Crippen LogP contribution in [-0.2, 0) is 9.09 Å². The molecule has 2 unspecified atom stereocenters. The van der Waals surface area contributed by atoms with Crippen LogP contribution in [0.4, 0.5) is 0 Å². The molecule has 0 bridgehead atoms. The Bertz CT molecular complexity index is 571. The zero-order valence-corrected chi connectivity index (χ0v) is 19.8. The molecule has 2 aliphatic heterocycles. The topological polar surface area (TPSA) is 84.9 Å². The molecule has 8 nitrogen and oxygen atoms in total. The van der Waals surface area contributed by atoms with E-state index in [1.165, 1.54) is 45.5 Å². The van der Waals surface area contributed by atoms with Crippen molar-refractivity contribution >= 4 is 19.5 Å². The van der Waals surface area contributed by atoms with E-state index in [9.17, 15) is 14.4 Å². The van der Waals surface area contributed by atoms with Crippen molar-refractivity contribution in [1.82, 2.24) is 9.80 Å². The Morgan fingerprint density at radius 2 is 1.26 bits per heavy atom. The van der Waals surface area contributed by atoms with Gasteiger partial charge in [-0.3, -0.25) is 19.0 Å². The molecule has 160 valence electrons. The molecule has 0 amide bonds. The quantitative estimate of drug-likeness (QED) is 0.463. The minimum atomic E-state index is -4.79. The second-order valence-corrected chi connectivity index (χ2v) is 9.50. The summed E-state index contributed by atoms with van der Waals surface area (Å²) >= 11 is 0. The smallest absolute Gasteiger partial charge is 0.243 e. The fourth-order valence-electron chi connectivity index (χ4n) is 2.81. The summed E-state index contributed by atoms with van der Waals surface area (Å²) < 4.78 is 18.5. The molecule has 0 aromatic carbocycles. The van der Waals surface area contributed by atoms with Gasteiger partial charge in [-0.2, -0.15) is 0 Å². The number of likely N-dealkylation sites (N-methyl/N-ethyl adjacent to an activating group) is 4. The highest BCUT2D eigenvalue weighted by molar-refractivity contribution is 7.43. The Hall–Kier alpha value is -0.950. The molecular weight excluding hydrogens is 367 g/mol. The number of hydrogen-bond donors (Lipinski definition) is 0. The first-order chi connectivity index (χ1) is 12.0. The minimum absolute atomic E-state index is 0.690. The van der Waals surface area contributed by atoms with Crippen LogP contribution in [-0.4, -0.2) is 89.6 Å². The van der Waals surface area contributed by atoms with Gasteiger partial charge in [0.2, 0.25) is 11.7 Å². The van der Waals surface area contributed by atoms with E-state index in [0.717, 1.165) is 0 Å². The maximum absolute atomic E-state index is 9.90. The fraction of sp³-hybridized carbons (Fsp3) is 0.889. The van der Waals surface area contributed by atoms with Crippen molar-refractivity contribution in [3.8, 4) is 0 Å². The summed E-state index contributed by atoms with van der Waals surface area (Å²) in [4.78, 5) is 24.4. The number of rotatable bonds is 1. The molecule has 0 aromatic heterocycles. The highest BCUT2D eigenvalue weighted by Crippen LogP contribution is 2.31. The standard InChI is InChI=1S/2C7H15N2.C4H11O4P/c2*1-6-5-8(3)7(2)9(6)4;1-4(2,3)8-9(5,6)7/h2*6H,5H2,1-4H3;1-3H3,(H2,5,6,7)/q2*+1;/p-2. The van der Waals surface area contributed by atoms with Gasteiger partial charge in [-0.25, -0.2) is 0 Å². The summed E-state index contributed by atoms with van der Waals surface area (Å²) in [6.45, 7) is 15.6. The van der Waals surface area contributed by atoms with E-state index in [1.807, 2.05) is 0 Å². The van der Waals surface area contributed by atoms with Crippen molar-refractivity contribution < 1.29 is 28.0 Å². The molecule has 0 N–H and O–H groups in total. The predicted octanol–water partition coefficient (Wildman–Crippen LogP) is 0.392. The SMILES string of the molecule is CC(C)(C)OP(=O)([O-])[O-].CC1=[N+](C)CC(C)N1C.CC1=[N+](C)CC(C)N1C. The van der Waals surface area contributed by atoms with Crippen molar-refractivity contribution in [2.45, 2.75) is 66.2 Å². The molecule has 0 aromatic rings. The van der Waals surface area contributed by atoms with E-state index >= 15 is 0 Å². The highest BCUT2D eigenvalue weighted by atomic mass is 31.2. The Labute approximate surface area is 165 Å². The second kappa shape index (κ2) is 10.0. The molecular formula is C18H39N4O4P. The van der Waals surface area contributed by atoms with E-state index in [4.69, 9.17) is 0 Å². The highest BCUT2D eigenvalue weighted by Gasteiger charge is 2.28. The molecule has 0 spiro atoms. The van der Waals surface area contributed by atoms with Gasteiger partial charge in [-0.1, -0.05) is 0 Å². The number of nitrogens with zero attached hydrogens (tertiary/aromatic N) is 4. The average molecular weight is 407 g/mol. The molecule has 0 radical (unpaired) electrons. The molecule has 2 aliphatic rings. The zero-order chi connectivity index (χ0) is 21.7. The van der Waals surface area contributed by atoms with Gasteiger partial charge in [0.05, 0.1) is 41.6 Å². The maximum atomic E-state index is 9.90. The van der Waals surface area contributed by atoms with Crippen molar-refractivity contribution in [3.63, 3.8) is 0 Å². The summed E-state index contributed by atoms with van der Waals surface area (Å²) in [5.74, 6) is 2.75. The van der Waals surface area contributed by atoms with Gasteiger partial charge in [0.15, 0.2) is 0 Å². The zero-order valence-electron chi connectivity index (χ0n) is 18.9. The van der Waals surface area contributed by atoms with E-state index in [-0.39, 0.29) is 0 Å². The van der Waals surface area contributed by atoms with Crippen LogP contribution >= 0.6 is 7.82 Å². The van der Waals surface area contributed by atoms with Gasteiger partial charge in [0, 0.05) is 13.8 Å². The lowest BCUT2D eigenvalue weighted by Crippen LogP contribution is -2.28. The first kappa shape index (κ1) is 26.1. The molecule has 2 atom stereocenters. The molecule has 0 saturated heterocycles. The van der Waals surface area contributed by atoms with Crippen LogP contribution < -0.4 is 9.79 Å². The van der Waals surface area contributed by atoms with Gasteiger partial charge < -0.3 is 18.9 Å². The van der Waals surface area contributed by atoms with Crippen LogP contribution in [0.25, 0.3) is 0 Å². The summed E-state index contributed by atoms with van der Waals surface area (Å²) in [5, 5.41) is 0. The lowest BCUT2D eigenvalue weighted by Gasteiger charge is -2.35. The number of hydrogen-bond acceptors (Lipinski definition) is 6. The van der Waals surface area contributed by atoms with Crippen LogP contribution in [0.1, 0.15) is 48.5 Å². The molecule has 0 saturated carbocycles. The molecule has 0 aliphatic carbocycles. The van der Waals surface area contributed by atoms with Gasteiger partial charge in [-0.05, 0) is 34.6 Å². The molecule has 2 heterocycles. The number of phosphoric ester groups is 1. The van der Waals surface area contributed by atoms with Gasteiger partial charge in [0.1, 0.15) is 25.2 Å². The number of phosphoric acid groups is 1. The normalized spacial score (nSPS) is 23.3. The lowest BCUT2D eigenvalue weighted by molar-refractivity contribution is -0.490. The van der Waals surface area contributed by atoms with E-state index in [1.54, 1.807) is 0 Å². The van der Waals surface area contributed by atoms with Crippen LogP contribution in [0.2, 0.25) is 0 Å². The van der Waals surface area contributed by atoms with Crippen LogP contribution in [0, 0.1) is 0 Å². The molecule has 2 rings (SSSR count). The fourth-order valence-corrected chi connectivity index (χ4v) is 3.48. The Morgan fingerprint density at radius 1 is 0.963 bits per heavy atom. The summed E-state index contributed by atoms with van der Waals surface area (Å²) in [6.07, 6.45) is 0. The lowest BCUT2D eigenvalue weighted by atomic mass is 10.2. The van der Waals surface area contributed by atoms with Crippen molar-refractivity contribution in [1.29, 1.82) is 0 Å². The van der Waals surface area contributed by atoms with Crippen LogP contribution in [0.15, 0.2) is 0 Å². The van der Waals surface area contributed by atoms with E-state index in [0.29, 0.717) is 12.1 Å². The van der Waals surface area contributed by atoms with E-state index in [2.05, 4.69) is 79.4 Å². The summed E-state index contributed by atoms with van der Waals surface area (Å²) in [5.41, 5.74) is -0.904. The van der Waals surface area contributed by atoms with Gasteiger partial charge in [0.25, 0.3) is 0 Å². The predicted molar refractivity (Wildman–Crippen MR) is 106 cm³/mol. The molecule has 0 fully saturated rings. The van der Waals surface area contributed by atoms with Crippen LogP contribution in [0.3, 0.4) is 0 Å². The third-order valence-corrected chi connectivity index (χ3v) is 5.68. The Balaban J connectivity index is 0.000000376. The van der Waals surface area contributed by atoms with Crippen molar-refractivity contribution in [2.24, 2.45) is 0 Å². The summed E-state index contributed by atoms with van der Waals surface area (Å²) in [6, 6.07) is 1.38. The van der Waals surface area contributed by atoms with Gasteiger partial charge in [-0.15, -0.1) is 0 Å². The number of amidine groups is 2. The Kier molecular flexibility index (Phi) is 9.66. The van der Waals surface area contributed by atoms with Crippen molar-refractivity contribution in [3.05, 3.63) is 0 Å². The minimum Gasteiger partial charge on any atom is -0.790 e. The monoisotopic (exact) mass is 406 g/mol. The third-order valence-electron chi connectivity index (χ3n) is 4.91. The van der Waals surface area contributed by atoms with Gasteiger partial charge >= 0.3 is 0 Å². The third kappa shape index (κ3) is 9.70. The molecule has 27 heavy (non-hydrogen) atoms. The van der Waals surface area contributed by atoms with Crippen molar-refractivity contribution in [2.75, 3.05) is 41.3 Å². The largest absolute Gasteiger partial charge is 0.790 e. The first-order valence-corrected chi connectivity index (χ1v) is 10.7. The summed E-state index contributed by atoms with van der Waals surface area (Å²) in [7, 11) is 3.77. The van der Waals surface area contributed by atoms with E-state index < -0.39 is 13.4 Å². The van der Waals surface area contributed by atoms with Crippen LogP contribution in [0.5, 0.6) is 0 Å². The molecule has 9 heteroatoms. The second-order valence-electron chi connectivity index (χ2n) is 8.43. The average Bonchev–Trinajstić information content (AvgIpc) is 2.81.